The predicted octanol–water partition coefficient (Wildman–Crippen LogP) is 3.88. The van der Waals surface area contributed by atoms with Crippen molar-refractivity contribution in [2.24, 2.45) is 0 Å². The number of amides is 1. The number of aryl methyl sites for hydroxylation is 2. The Morgan fingerprint density at radius 2 is 2.07 bits per heavy atom. The monoisotopic (exact) mass is 379 g/mol. The first-order valence-electron chi connectivity index (χ1n) is 9.75. The minimum Gasteiger partial charge on any atom is -0.496 e. The standard InChI is InChI=1S/C22H25N3O3/c1-15-11-18-14-23-20(12-17(18)13-21(15)27-2)16-6-9-25(10-7-16)22(26)4-3-19-5-8-24-28-19/h5,8,11-14,16H,3-4,6-7,9-10H2,1-2H3. The molecule has 0 unspecified atom stereocenters. The molecule has 0 bridgehead atoms. The Hall–Kier alpha value is -2.89. The van der Waals surface area contributed by atoms with Gasteiger partial charge in [-0.15, -0.1) is 0 Å². The third-order valence-electron chi connectivity index (χ3n) is 5.60. The fourth-order valence-electron chi connectivity index (χ4n) is 3.93. The lowest BCUT2D eigenvalue weighted by Gasteiger charge is -2.32. The number of rotatable bonds is 5. The first-order valence-corrected chi connectivity index (χ1v) is 9.75. The van der Waals surface area contributed by atoms with Gasteiger partial charge in [0.15, 0.2) is 0 Å². The summed E-state index contributed by atoms with van der Waals surface area (Å²) in [5.41, 5.74) is 2.22. The van der Waals surface area contributed by atoms with Gasteiger partial charge in [0.05, 0.1) is 13.3 Å². The lowest BCUT2D eigenvalue weighted by molar-refractivity contribution is -0.132. The largest absolute Gasteiger partial charge is 0.496 e. The molecule has 3 heterocycles. The maximum absolute atomic E-state index is 12.4. The molecule has 1 saturated heterocycles. The Morgan fingerprint density at radius 3 is 2.79 bits per heavy atom. The van der Waals surface area contributed by atoms with E-state index in [1.165, 1.54) is 0 Å². The summed E-state index contributed by atoms with van der Waals surface area (Å²) in [6.07, 6.45) is 6.51. The number of ether oxygens (including phenoxy) is 1. The number of piperidine rings is 1. The number of aromatic nitrogens is 2. The maximum Gasteiger partial charge on any atom is 0.223 e. The Balaban J connectivity index is 1.39. The highest BCUT2D eigenvalue weighted by Crippen LogP contribution is 2.31. The number of benzene rings is 1. The smallest absolute Gasteiger partial charge is 0.223 e. The van der Waals surface area contributed by atoms with E-state index in [4.69, 9.17) is 14.2 Å². The number of fused-ring (bicyclic) bond motifs is 1. The zero-order chi connectivity index (χ0) is 19.5. The van der Waals surface area contributed by atoms with Gasteiger partial charge in [0.25, 0.3) is 0 Å². The normalized spacial score (nSPS) is 15.1. The molecule has 3 aromatic rings. The molecule has 1 fully saturated rings. The van der Waals surface area contributed by atoms with Crippen LogP contribution in [-0.2, 0) is 11.2 Å². The van der Waals surface area contributed by atoms with Gasteiger partial charge in [-0.25, -0.2) is 0 Å². The molecule has 146 valence electrons. The molecule has 1 aliphatic rings. The van der Waals surface area contributed by atoms with Crippen LogP contribution in [0.15, 0.2) is 41.2 Å². The van der Waals surface area contributed by atoms with Crippen molar-refractivity contribution in [1.82, 2.24) is 15.0 Å². The molecule has 1 aromatic carbocycles. The van der Waals surface area contributed by atoms with Crippen molar-refractivity contribution >= 4 is 16.7 Å². The van der Waals surface area contributed by atoms with Crippen molar-refractivity contribution in [1.29, 1.82) is 0 Å². The van der Waals surface area contributed by atoms with Crippen LogP contribution in [0.5, 0.6) is 5.75 Å². The van der Waals surface area contributed by atoms with E-state index in [-0.39, 0.29) is 5.91 Å². The first kappa shape index (κ1) is 18.5. The van der Waals surface area contributed by atoms with Gasteiger partial charge in [0.1, 0.15) is 11.5 Å². The summed E-state index contributed by atoms with van der Waals surface area (Å²) >= 11 is 0. The second-order valence-corrected chi connectivity index (χ2v) is 7.41. The molecular weight excluding hydrogens is 354 g/mol. The highest BCUT2D eigenvalue weighted by atomic mass is 16.5. The van der Waals surface area contributed by atoms with Gasteiger partial charge in [-0.1, -0.05) is 5.16 Å². The van der Waals surface area contributed by atoms with Crippen LogP contribution in [0, 0.1) is 6.92 Å². The van der Waals surface area contributed by atoms with Crippen molar-refractivity contribution in [3.8, 4) is 5.75 Å². The zero-order valence-corrected chi connectivity index (χ0v) is 16.4. The lowest BCUT2D eigenvalue weighted by Crippen LogP contribution is -2.38. The molecule has 0 saturated carbocycles. The fraction of sp³-hybridized carbons (Fsp3) is 0.409. The Kier molecular flexibility index (Phi) is 5.28. The summed E-state index contributed by atoms with van der Waals surface area (Å²) in [4.78, 5) is 19.1. The highest BCUT2D eigenvalue weighted by molar-refractivity contribution is 5.84. The summed E-state index contributed by atoms with van der Waals surface area (Å²) < 4.78 is 10.5. The molecule has 1 amide bonds. The van der Waals surface area contributed by atoms with E-state index in [9.17, 15) is 4.79 Å². The van der Waals surface area contributed by atoms with Crippen LogP contribution in [0.4, 0.5) is 0 Å². The SMILES string of the molecule is COc1cc2cc(C3CCN(C(=O)CCc4ccno4)CC3)ncc2cc1C. The molecule has 6 nitrogen and oxygen atoms in total. The van der Waals surface area contributed by atoms with Crippen molar-refractivity contribution in [3.05, 3.63) is 53.7 Å². The number of carbonyl (C=O) groups is 1. The van der Waals surface area contributed by atoms with Gasteiger partial charge in [-0.2, -0.15) is 0 Å². The van der Waals surface area contributed by atoms with Crippen LogP contribution in [0.2, 0.25) is 0 Å². The van der Waals surface area contributed by atoms with E-state index in [0.717, 1.165) is 59.5 Å². The van der Waals surface area contributed by atoms with Gasteiger partial charge in [-0.05, 0) is 48.9 Å². The van der Waals surface area contributed by atoms with E-state index >= 15 is 0 Å². The fourth-order valence-corrected chi connectivity index (χ4v) is 3.93. The summed E-state index contributed by atoms with van der Waals surface area (Å²) in [6, 6.07) is 8.17. The topological polar surface area (TPSA) is 68.5 Å². The van der Waals surface area contributed by atoms with Crippen molar-refractivity contribution < 1.29 is 14.1 Å². The number of hydrogen-bond donors (Lipinski definition) is 0. The molecule has 0 spiro atoms. The maximum atomic E-state index is 12.4. The first-order chi connectivity index (χ1) is 13.6. The van der Waals surface area contributed by atoms with Crippen molar-refractivity contribution in [2.75, 3.05) is 20.2 Å². The van der Waals surface area contributed by atoms with Crippen LogP contribution >= 0.6 is 0 Å². The van der Waals surface area contributed by atoms with Crippen LogP contribution < -0.4 is 4.74 Å². The average molecular weight is 379 g/mol. The molecule has 6 heteroatoms. The molecule has 2 aromatic heterocycles. The van der Waals surface area contributed by atoms with Crippen LogP contribution in [0.1, 0.15) is 42.2 Å². The molecule has 0 aliphatic carbocycles. The van der Waals surface area contributed by atoms with Crippen LogP contribution in [0.3, 0.4) is 0 Å². The van der Waals surface area contributed by atoms with Gasteiger partial charge >= 0.3 is 0 Å². The molecule has 1 aliphatic heterocycles. The summed E-state index contributed by atoms with van der Waals surface area (Å²) in [7, 11) is 1.70. The van der Waals surface area contributed by atoms with Gasteiger partial charge in [0.2, 0.25) is 5.91 Å². The number of likely N-dealkylation sites (tertiary alicyclic amines) is 1. The van der Waals surface area contributed by atoms with Crippen LogP contribution in [0.25, 0.3) is 10.8 Å². The number of methoxy groups -OCH3 is 1. The summed E-state index contributed by atoms with van der Waals surface area (Å²) in [6.45, 7) is 3.59. The Morgan fingerprint density at radius 1 is 1.25 bits per heavy atom. The molecular formula is C22H25N3O3. The minimum atomic E-state index is 0.182. The third-order valence-corrected chi connectivity index (χ3v) is 5.60. The average Bonchev–Trinajstić information content (AvgIpc) is 3.25. The second-order valence-electron chi connectivity index (χ2n) is 7.41. The van der Waals surface area contributed by atoms with Crippen molar-refractivity contribution in [2.45, 2.75) is 38.5 Å². The minimum absolute atomic E-state index is 0.182. The zero-order valence-electron chi connectivity index (χ0n) is 16.4. The number of hydrogen-bond acceptors (Lipinski definition) is 5. The van der Waals surface area contributed by atoms with E-state index in [1.54, 1.807) is 19.4 Å². The van der Waals surface area contributed by atoms with Crippen molar-refractivity contribution in [3.63, 3.8) is 0 Å². The van der Waals surface area contributed by atoms with E-state index < -0.39 is 0 Å². The molecule has 4 rings (SSSR count). The number of pyridine rings is 1. The van der Waals surface area contributed by atoms with E-state index in [0.29, 0.717) is 18.8 Å². The third kappa shape index (κ3) is 3.86. The van der Waals surface area contributed by atoms with E-state index in [2.05, 4.69) is 23.4 Å². The summed E-state index contributed by atoms with van der Waals surface area (Å²) in [5.74, 6) is 2.22. The highest BCUT2D eigenvalue weighted by Gasteiger charge is 2.24. The number of nitrogens with zero attached hydrogens (tertiary/aromatic N) is 3. The quantitative estimate of drug-likeness (QED) is 0.673. The Labute approximate surface area is 164 Å². The molecule has 0 N–H and O–H groups in total. The lowest BCUT2D eigenvalue weighted by atomic mass is 9.91. The predicted molar refractivity (Wildman–Crippen MR) is 106 cm³/mol. The van der Waals surface area contributed by atoms with Crippen LogP contribution in [-0.4, -0.2) is 41.1 Å². The van der Waals surface area contributed by atoms with Gasteiger partial charge in [0, 0.05) is 55.2 Å². The Bertz CT molecular complexity index is 961. The molecule has 0 radical (unpaired) electrons. The molecule has 0 atom stereocenters. The molecule has 28 heavy (non-hydrogen) atoms. The van der Waals surface area contributed by atoms with Gasteiger partial charge < -0.3 is 14.2 Å². The van der Waals surface area contributed by atoms with Gasteiger partial charge in [-0.3, -0.25) is 9.78 Å². The summed E-state index contributed by atoms with van der Waals surface area (Å²) in [5, 5.41) is 5.96. The number of carbonyl (C=O) groups excluding carboxylic acids is 1. The van der Waals surface area contributed by atoms with E-state index in [1.807, 2.05) is 18.0 Å². The second kappa shape index (κ2) is 8.00.